The molecule has 29 heavy (non-hydrogen) atoms. The van der Waals surface area contributed by atoms with Crippen molar-refractivity contribution >= 4 is 41.0 Å². The third-order valence-corrected chi connectivity index (χ3v) is 4.74. The van der Waals surface area contributed by atoms with E-state index < -0.39 is 36.9 Å². The molecule has 2 atom stereocenters. The number of anilines is 2. The summed E-state index contributed by atoms with van der Waals surface area (Å²) in [6.07, 6.45) is 4.70. The molecule has 1 aliphatic carbocycles. The van der Waals surface area contributed by atoms with E-state index in [1.807, 2.05) is 12.2 Å². The zero-order valence-electron chi connectivity index (χ0n) is 15.8. The lowest BCUT2D eigenvalue weighted by atomic mass is 9.85. The van der Waals surface area contributed by atoms with Crippen LogP contribution in [0.5, 0.6) is 0 Å². The molecule has 0 saturated carbocycles. The van der Waals surface area contributed by atoms with Crippen molar-refractivity contribution in [2.24, 2.45) is 11.8 Å². The smallest absolute Gasteiger partial charge is 0.326 e. The number of nitrogens with one attached hydrogen (secondary N) is 2. The molecule has 2 N–H and O–H groups in total. The van der Waals surface area contributed by atoms with E-state index in [2.05, 4.69) is 10.6 Å². The topological polar surface area (TPSA) is 122 Å². The van der Waals surface area contributed by atoms with Crippen molar-refractivity contribution in [3.05, 3.63) is 36.4 Å². The number of carbonyl (C=O) groups is 5. The molecule has 1 aliphatic heterocycles. The molecule has 4 amide bonds. The minimum Gasteiger partial charge on any atom is -0.454 e. The molecular weight excluding hydrogens is 378 g/mol. The number of hydrogen-bond acceptors (Lipinski definition) is 6. The highest BCUT2D eigenvalue weighted by Gasteiger charge is 2.47. The number of imide groups is 1. The number of carbonyl (C=O) groups excluding carboxylic acids is 5. The summed E-state index contributed by atoms with van der Waals surface area (Å²) in [5, 5.41) is 5.15. The minimum atomic E-state index is -0.825. The molecule has 152 valence electrons. The zero-order chi connectivity index (χ0) is 21.0. The van der Waals surface area contributed by atoms with Crippen molar-refractivity contribution in [2.45, 2.75) is 19.8 Å². The molecule has 1 fully saturated rings. The number of likely N-dealkylation sites (tertiary alicyclic amines) is 1. The second kappa shape index (κ2) is 8.68. The molecule has 0 spiro atoms. The van der Waals surface area contributed by atoms with Crippen molar-refractivity contribution in [3.63, 3.8) is 0 Å². The predicted octanol–water partition coefficient (Wildman–Crippen LogP) is 1.08. The molecule has 1 heterocycles. The van der Waals surface area contributed by atoms with Crippen molar-refractivity contribution in [3.8, 4) is 0 Å². The first kappa shape index (κ1) is 20.2. The van der Waals surface area contributed by atoms with Gasteiger partial charge in [-0.25, -0.2) is 0 Å². The van der Waals surface area contributed by atoms with Crippen LogP contribution >= 0.6 is 0 Å². The molecule has 0 unspecified atom stereocenters. The summed E-state index contributed by atoms with van der Waals surface area (Å²) >= 11 is 0. The van der Waals surface area contributed by atoms with E-state index in [1.165, 1.54) is 6.92 Å². The molecule has 0 bridgehead atoms. The number of allylic oxidation sites excluding steroid dienone is 2. The summed E-state index contributed by atoms with van der Waals surface area (Å²) < 4.78 is 4.89. The lowest BCUT2D eigenvalue weighted by Crippen LogP contribution is -2.37. The predicted molar refractivity (Wildman–Crippen MR) is 102 cm³/mol. The Balaban J connectivity index is 1.45. The fourth-order valence-corrected chi connectivity index (χ4v) is 3.38. The number of ether oxygens (including phenoxy) is 1. The summed E-state index contributed by atoms with van der Waals surface area (Å²) in [6, 6.07) is 6.40. The number of amides is 4. The third kappa shape index (κ3) is 4.87. The number of rotatable bonds is 6. The number of fused-ring (bicyclic) bond motifs is 1. The van der Waals surface area contributed by atoms with Crippen LogP contribution in [-0.4, -0.2) is 47.6 Å². The molecule has 1 aromatic carbocycles. The zero-order valence-corrected chi connectivity index (χ0v) is 15.8. The van der Waals surface area contributed by atoms with Gasteiger partial charge in [-0.3, -0.25) is 28.9 Å². The Labute approximate surface area is 167 Å². The first-order chi connectivity index (χ1) is 13.8. The fraction of sp³-hybridized carbons (Fsp3) is 0.350. The Morgan fingerprint density at radius 1 is 0.966 bits per heavy atom. The Morgan fingerprint density at radius 3 is 2.00 bits per heavy atom. The van der Waals surface area contributed by atoms with Crippen LogP contribution in [0.1, 0.15) is 19.8 Å². The fourth-order valence-electron chi connectivity index (χ4n) is 3.38. The Morgan fingerprint density at radius 2 is 1.48 bits per heavy atom. The Bertz CT molecular complexity index is 851. The standard InChI is InChI=1S/C20H21N3O6/c1-12(24)21-13-6-8-14(9-7-13)22-17(25)11-29-18(26)10-23-19(27)15-4-2-3-5-16(15)20(23)28/h2-3,6-9,15-16H,4-5,10-11H2,1H3,(H,21,24)(H,22,25)/t15-,16-/m0/s1. The van der Waals surface area contributed by atoms with Gasteiger partial charge in [0, 0.05) is 18.3 Å². The van der Waals surface area contributed by atoms with Gasteiger partial charge in [0.25, 0.3) is 5.91 Å². The van der Waals surface area contributed by atoms with E-state index in [0.717, 1.165) is 4.90 Å². The van der Waals surface area contributed by atoms with Crippen LogP contribution in [0.4, 0.5) is 11.4 Å². The largest absolute Gasteiger partial charge is 0.454 e. The molecule has 0 radical (unpaired) electrons. The van der Waals surface area contributed by atoms with Crippen molar-refractivity contribution in [1.82, 2.24) is 4.90 Å². The van der Waals surface area contributed by atoms with Gasteiger partial charge >= 0.3 is 5.97 Å². The molecule has 9 heteroatoms. The minimum absolute atomic E-state index is 0.209. The summed E-state index contributed by atoms with van der Waals surface area (Å²) in [7, 11) is 0. The SMILES string of the molecule is CC(=O)Nc1ccc(NC(=O)COC(=O)CN2C(=O)[C@H]3CC=CC[C@@H]3C2=O)cc1. The van der Waals surface area contributed by atoms with E-state index >= 15 is 0 Å². The molecule has 3 rings (SSSR count). The summed E-state index contributed by atoms with van der Waals surface area (Å²) in [5.41, 5.74) is 1.04. The first-order valence-electron chi connectivity index (χ1n) is 9.18. The Hall–Kier alpha value is -3.49. The van der Waals surface area contributed by atoms with Crippen molar-refractivity contribution < 1.29 is 28.7 Å². The van der Waals surface area contributed by atoms with Gasteiger partial charge in [0.2, 0.25) is 17.7 Å². The normalized spacial score (nSPS) is 20.2. The highest BCUT2D eigenvalue weighted by Crippen LogP contribution is 2.34. The molecule has 0 aromatic heterocycles. The van der Waals surface area contributed by atoms with Crippen LogP contribution in [0, 0.1) is 11.8 Å². The van der Waals surface area contributed by atoms with E-state index in [9.17, 15) is 24.0 Å². The van der Waals surface area contributed by atoms with Gasteiger partial charge in [-0.1, -0.05) is 12.2 Å². The molecule has 1 aromatic rings. The molecule has 9 nitrogen and oxygen atoms in total. The van der Waals surface area contributed by atoms with Gasteiger partial charge in [0.15, 0.2) is 6.61 Å². The third-order valence-electron chi connectivity index (χ3n) is 4.74. The number of esters is 1. The van der Waals surface area contributed by atoms with Crippen LogP contribution in [-0.2, 0) is 28.7 Å². The summed E-state index contributed by atoms with van der Waals surface area (Å²) in [6.45, 7) is 0.346. The van der Waals surface area contributed by atoms with Gasteiger partial charge in [-0.2, -0.15) is 0 Å². The van der Waals surface area contributed by atoms with Crippen molar-refractivity contribution in [1.29, 1.82) is 0 Å². The monoisotopic (exact) mass is 399 g/mol. The summed E-state index contributed by atoms with van der Waals surface area (Å²) in [5.74, 6) is -3.17. The lowest BCUT2D eigenvalue weighted by molar-refractivity contribution is -0.154. The highest BCUT2D eigenvalue weighted by atomic mass is 16.5. The van der Waals surface area contributed by atoms with Crippen molar-refractivity contribution in [2.75, 3.05) is 23.8 Å². The quantitative estimate of drug-likeness (QED) is 0.419. The average molecular weight is 399 g/mol. The second-order valence-electron chi connectivity index (χ2n) is 6.89. The maximum Gasteiger partial charge on any atom is 0.326 e. The Kier molecular flexibility index (Phi) is 6.06. The average Bonchev–Trinajstić information content (AvgIpc) is 2.93. The van der Waals surface area contributed by atoms with Crippen LogP contribution in [0.3, 0.4) is 0 Å². The van der Waals surface area contributed by atoms with Crippen LogP contribution in [0.15, 0.2) is 36.4 Å². The highest BCUT2D eigenvalue weighted by molar-refractivity contribution is 6.07. The second-order valence-corrected chi connectivity index (χ2v) is 6.89. The number of benzene rings is 1. The van der Waals surface area contributed by atoms with E-state index in [-0.39, 0.29) is 17.7 Å². The van der Waals surface area contributed by atoms with Gasteiger partial charge < -0.3 is 15.4 Å². The van der Waals surface area contributed by atoms with E-state index in [0.29, 0.717) is 24.2 Å². The number of hydrogen-bond donors (Lipinski definition) is 2. The van der Waals surface area contributed by atoms with Gasteiger partial charge in [0.1, 0.15) is 6.54 Å². The van der Waals surface area contributed by atoms with Crippen LogP contribution < -0.4 is 10.6 Å². The number of nitrogens with zero attached hydrogens (tertiary/aromatic N) is 1. The van der Waals surface area contributed by atoms with E-state index in [4.69, 9.17) is 4.74 Å². The maximum absolute atomic E-state index is 12.3. The van der Waals surface area contributed by atoms with Gasteiger partial charge in [-0.15, -0.1) is 0 Å². The van der Waals surface area contributed by atoms with Crippen LogP contribution in [0.25, 0.3) is 0 Å². The molecular formula is C20H21N3O6. The van der Waals surface area contributed by atoms with Gasteiger partial charge in [0.05, 0.1) is 11.8 Å². The van der Waals surface area contributed by atoms with Crippen LogP contribution in [0.2, 0.25) is 0 Å². The van der Waals surface area contributed by atoms with E-state index in [1.54, 1.807) is 24.3 Å². The molecule has 2 aliphatic rings. The summed E-state index contributed by atoms with van der Waals surface area (Å²) in [4.78, 5) is 60.5. The molecule has 1 saturated heterocycles. The maximum atomic E-state index is 12.3. The van der Waals surface area contributed by atoms with Gasteiger partial charge in [-0.05, 0) is 37.1 Å². The first-order valence-corrected chi connectivity index (χ1v) is 9.18. The lowest BCUT2D eigenvalue weighted by Gasteiger charge is -2.14.